The molecule has 0 saturated carbocycles. The third-order valence-corrected chi connectivity index (χ3v) is 4.08. The van der Waals surface area contributed by atoms with Crippen molar-refractivity contribution >= 4 is 0 Å². The van der Waals surface area contributed by atoms with Gasteiger partial charge < -0.3 is 15.7 Å². The lowest BCUT2D eigenvalue weighted by Crippen LogP contribution is -2.51. The summed E-state index contributed by atoms with van der Waals surface area (Å²) in [5.74, 6) is 0. The minimum absolute atomic E-state index is 0.358. The Kier molecular flexibility index (Phi) is 3.85. The molecule has 16 heavy (non-hydrogen) atoms. The van der Waals surface area contributed by atoms with Crippen molar-refractivity contribution in [3.63, 3.8) is 0 Å². The van der Waals surface area contributed by atoms with Crippen LogP contribution in [0.25, 0.3) is 0 Å². The van der Waals surface area contributed by atoms with Crippen molar-refractivity contribution in [2.24, 2.45) is 5.73 Å². The van der Waals surface area contributed by atoms with Crippen molar-refractivity contribution in [1.82, 2.24) is 9.80 Å². The maximum atomic E-state index is 9.88. The quantitative estimate of drug-likeness (QED) is 0.702. The predicted octanol–water partition coefficient (Wildman–Crippen LogP) is -0.134. The Morgan fingerprint density at radius 1 is 1.38 bits per heavy atom. The minimum atomic E-state index is -0.688. The lowest BCUT2D eigenvalue weighted by atomic mass is 10.0. The molecule has 2 rings (SSSR count). The normalized spacial score (nSPS) is 31.3. The second-order valence-electron chi connectivity index (χ2n) is 5.58. The van der Waals surface area contributed by atoms with E-state index in [1.807, 2.05) is 6.92 Å². The van der Waals surface area contributed by atoms with Crippen molar-refractivity contribution in [2.75, 3.05) is 39.3 Å². The summed E-state index contributed by atoms with van der Waals surface area (Å²) in [4.78, 5) is 5.09. The van der Waals surface area contributed by atoms with Crippen LogP contribution in [-0.4, -0.2) is 65.8 Å². The van der Waals surface area contributed by atoms with Gasteiger partial charge >= 0.3 is 0 Å². The van der Waals surface area contributed by atoms with Crippen LogP contribution in [0.15, 0.2) is 0 Å². The molecule has 2 aliphatic rings. The summed E-state index contributed by atoms with van der Waals surface area (Å²) in [6.45, 7) is 8.00. The van der Waals surface area contributed by atoms with Gasteiger partial charge in [-0.25, -0.2) is 0 Å². The van der Waals surface area contributed by atoms with Gasteiger partial charge in [0, 0.05) is 38.8 Å². The summed E-state index contributed by atoms with van der Waals surface area (Å²) in [6.07, 6.45) is 3.50. The maximum Gasteiger partial charge on any atom is 0.0753 e. The molecule has 2 fully saturated rings. The third kappa shape index (κ3) is 2.94. The van der Waals surface area contributed by atoms with E-state index in [0.717, 1.165) is 25.6 Å². The summed E-state index contributed by atoms with van der Waals surface area (Å²) in [5.41, 5.74) is 4.84. The Balaban J connectivity index is 1.75. The molecule has 0 aromatic carbocycles. The average Bonchev–Trinajstić information content (AvgIpc) is 2.73. The third-order valence-electron chi connectivity index (χ3n) is 4.08. The van der Waals surface area contributed by atoms with Crippen molar-refractivity contribution < 1.29 is 5.11 Å². The van der Waals surface area contributed by atoms with Crippen LogP contribution in [0.4, 0.5) is 0 Å². The van der Waals surface area contributed by atoms with Gasteiger partial charge in [-0.1, -0.05) is 0 Å². The molecule has 94 valence electrons. The monoisotopic (exact) mass is 227 g/mol. The van der Waals surface area contributed by atoms with E-state index < -0.39 is 5.60 Å². The number of piperazine rings is 1. The summed E-state index contributed by atoms with van der Waals surface area (Å²) in [5, 5.41) is 9.88. The Hall–Kier alpha value is -0.160. The number of nitrogens with zero attached hydrogens (tertiary/aromatic N) is 2. The molecule has 2 aliphatic heterocycles. The molecule has 0 radical (unpaired) electrons. The first-order chi connectivity index (χ1) is 7.61. The van der Waals surface area contributed by atoms with Gasteiger partial charge in [0.1, 0.15) is 0 Å². The van der Waals surface area contributed by atoms with Crippen molar-refractivity contribution in [2.45, 2.75) is 37.8 Å². The summed E-state index contributed by atoms with van der Waals surface area (Å²) in [6, 6.07) is 0.775. The molecular weight excluding hydrogens is 202 g/mol. The smallest absolute Gasteiger partial charge is 0.0753 e. The number of aliphatic hydroxyl groups is 1. The molecule has 4 nitrogen and oxygen atoms in total. The van der Waals surface area contributed by atoms with Gasteiger partial charge in [-0.2, -0.15) is 0 Å². The maximum absolute atomic E-state index is 9.88. The van der Waals surface area contributed by atoms with E-state index in [9.17, 15) is 5.11 Å². The lowest BCUT2D eigenvalue weighted by Gasteiger charge is -2.38. The summed E-state index contributed by atoms with van der Waals surface area (Å²) >= 11 is 0. The minimum Gasteiger partial charge on any atom is -0.389 e. The molecular formula is C12H25N3O. The van der Waals surface area contributed by atoms with Gasteiger partial charge in [0.2, 0.25) is 0 Å². The van der Waals surface area contributed by atoms with Gasteiger partial charge in [0.25, 0.3) is 0 Å². The number of nitrogens with two attached hydrogens (primary N) is 1. The van der Waals surface area contributed by atoms with Crippen LogP contribution >= 0.6 is 0 Å². The van der Waals surface area contributed by atoms with Crippen LogP contribution in [0, 0.1) is 0 Å². The Labute approximate surface area is 98.4 Å². The highest BCUT2D eigenvalue weighted by Crippen LogP contribution is 2.22. The van der Waals surface area contributed by atoms with E-state index in [-0.39, 0.29) is 0 Å². The van der Waals surface area contributed by atoms with Gasteiger partial charge in [-0.3, -0.25) is 4.90 Å². The Morgan fingerprint density at radius 3 is 2.94 bits per heavy atom. The highest BCUT2D eigenvalue weighted by Gasteiger charge is 2.31. The zero-order valence-electron chi connectivity index (χ0n) is 10.4. The standard InChI is InChI=1S/C12H25N3O/c1-12(16,10-13)4-6-14-7-8-15-5-2-3-11(15)9-14/h11,16H,2-10,13H2,1H3. The van der Waals surface area contributed by atoms with Gasteiger partial charge in [-0.05, 0) is 32.7 Å². The highest BCUT2D eigenvalue weighted by molar-refractivity contribution is 4.87. The van der Waals surface area contributed by atoms with Crippen molar-refractivity contribution in [3.05, 3.63) is 0 Å². The van der Waals surface area contributed by atoms with Crippen LogP contribution in [0.3, 0.4) is 0 Å². The molecule has 0 spiro atoms. The molecule has 4 heteroatoms. The molecule has 3 N–H and O–H groups in total. The molecule has 0 amide bonds. The first-order valence-electron chi connectivity index (χ1n) is 6.49. The van der Waals surface area contributed by atoms with E-state index in [0.29, 0.717) is 6.54 Å². The first kappa shape index (κ1) is 12.3. The van der Waals surface area contributed by atoms with Crippen molar-refractivity contribution in [3.8, 4) is 0 Å². The SMILES string of the molecule is CC(O)(CN)CCN1CCN2CCCC2C1. The van der Waals surface area contributed by atoms with E-state index in [1.54, 1.807) is 0 Å². The predicted molar refractivity (Wildman–Crippen MR) is 65.3 cm³/mol. The zero-order valence-corrected chi connectivity index (χ0v) is 10.4. The molecule has 2 saturated heterocycles. The van der Waals surface area contributed by atoms with Crippen LogP contribution < -0.4 is 5.73 Å². The zero-order chi connectivity index (χ0) is 11.6. The number of hydrogen-bond donors (Lipinski definition) is 2. The van der Waals surface area contributed by atoms with Crippen molar-refractivity contribution in [1.29, 1.82) is 0 Å². The molecule has 2 unspecified atom stereocenters. The van der Waals surface area contributed by atoms with Gasteiger partial charge in [-0.15, -0.1) is 0 Å². The van der Waals surface area contributed by atoms with Crippen LogP contribution in [0.5, 0.6) is 0 Å². The van der Waals surface area contributed by atoms with E-state index in [2.05, 4.69) is 9.80 Å². The fraction of sp³-hybridized carbons (Fsp3) is 1.00. The van der Waals surface area contributed by atoms with E-state index in [1.165, 1.54) is 32.5 Å². The van der Waals surface area contributed by atoms with Gasteiger partial charge in [0.05, 0.1) is 5.60 Å². The molecule has 0 bridgehead atoms. The van der Waals surface area contributed by atoms with Crippen LogP contribution in [-0.2, 0) is 0 Å². The lowest BCUT2D eigenvalue weighted by molar-refractivity contribution is 0.0337. The molecule has 0 aromatic rings. The second kappa shape index (κ2) is 5.00. The molecule has 0 aromatic heterocycles. The number of fused-ring (bicyclic) bond motifs is 1. The summed E-state index contributed by atoms with van der Waals surface area (Å²) in [7, 11) is 0. The van der Waals surface area contributed by atoms with Gasteiger partial charge in [0.15, 0.2) is 0 Å². The molecule has 2 heterocycles. The highest BCUT2D eigenvalue weighted by atomic mass is 16.3. The topological polar surface area (TPSA) is 52.7 Å². The van der Waals surface area contributed by atoms with Crippen LogP contribution in [0.1, 0.15) is 26.2 Å². The Morgan fingerprint density at radius 2 is 2.19 bits per heavy atom. The van der Waals surface area contributed by atoms with E-state index >= 15 is 0 Å². The van der Waals surface area contributed by atoms with E-state index in [4.69, 9.17) is 5.73 Å². The second-order valence-corrected chi connectivity index (χ2v) is 5.58. The largest absolute Gasteiger partial charge is 0.389 e. The van der Waals surface area contributed by atoms with Crippen LogP contribution in [0.2, 0.25) is 0 Å². The fourth-order valence-electron chi connectivity index (χ4n) is 2.76. The summed E-state index contributed by atoms with van der Waals surface area (Å²) < 4.78 is 0. The number of hydrogen-bond acceptors (Lipinski definition) is 4. The Bertz CT molecular complexity index is 232. The average molecular weight is 227 g/mol. The first-order valence-corrected chi connectivity index (χ1v) is 6.49. The molecule has 2 atom stereocenters. The fourth-order valence-corrected chi connectivity index (χ4v) is 2.76. The number of rotatable bonds is 4. The molecule has 0 aliphatic carbocycles.